The summed E-state index contributed by atoms with van der Waals surface area (Å²) in [4.78, 5) is 9.40. The van der Waals surface area contributed by atoms with Gasteiger partial charge in [0.2, 0.25) is 0 Å². The number of hydrogen-bond acceptors (Lipinski definition) is 1. The number of unbranched alkanes of at least 4 members (excludes halogenated alkanes) is 1. The van der Waals surface area contributed by atoms with Crippen LogP contribution in [0.2, 0.25) is 0 Å². The summed E-state index contributed by atoms with van der Waals surface area (Å²) in [6, 6.07) is 0. The summed E-state index contributed by atoms with van der Waals surface area (Å²) in [5.74, 6) is 0. The van der Waals surface area contributed by atoms with E-state index in [4.69, 9.17) is 0 Å². The van der Waals surface area contributed by atoms with Gasteiger partial charge >= 0.3 is 80.9 Å². The predicted molar refractivity (Wildman–Crippen MR) is 23.2 cm³/mol. The summed E-state index contributed by atoms with van der Waals surface area (Å²) in [6.45, 7) is 1.98. The van der Waals surface area contributed by atoms with Crippen LogP contribution in [0.15, 0.2) is 0 Å². The van der Waals surface area contributed by atoms with Gasteiger partial charge in [-0.1, -0.05) is 6.92 Å². The van der Waals surface area contributed by atoms with Gasteiger partial charge in [-0.25, -0.2) is 0 Å². The molecule has 0 fully saturated rings. The van der Waals surface area contributed by atoms with Gasteiger partial charge < -0.3 is 7.65 Å². The minimum atomic E-state index is 0. The van der Waals surface area contributed by atoms with Crippen molar-refractivity contribution in [2.75, 3.05) is 0 Å². The summed E-state index contributed by atoms with van der Waals surface area (Å²) >= 11 is 0. The molecule has 0 N–H and O–H groups in total. The van der Waals surface area contributed by atoms with Crippen molar-refractivity contribution in [2.45, 2.75) is 19.8 Å². The second-order valence-electron chi connectivity index (χ2n) is 0.955. The molecule has 0 amide bonds. The Bertz CT molecular complexity index is 39.7. The standard InChI is InChI=1S/C4H8O.K.Na.2H/c1-2-3-4-5;;;;/h4H,2-3H2,1H3;;;;/q;2*+1;2*-1. The van der Waals surface area contributed by atoms with Crippen LogP contribution in [-0.2, 0) is 4.79 Å². The summed E-state index contributed by atoms with van der Waals surface area (Å²) in [5.41, 5.74) is 0. The fourth-order valence-electron chi connectivity index (χ4n) is 0.118. The Balaban J connectivity index is -0.0000000133. The van der Waals surface area contributed by atoms with E-state index in [9.17, 15) is 4.79 Å². The van der Waals surface area contributed by atoms with Crippen LogP contribution in [0.25, 0.3) is 0 Å². The van der Waals surface area contributed by atoms with Gasteiger partial charge in [0.25, 0.3) is 0 Å². The fourth-order valence-corrected chi connectivity index (χ4v) is 0.118. The molecule has 0 aromatic heterocycles. The molecule has 7 heavy (non-hydrogen) atoms. The van der Waals surface area contributed by atoms with Gasteiger partial charge in [0.05, 0.1) is 0 Å². The first kappa shape index (κ1) is 16.1. The quantitative estimate of drug-likeness (QED) is 0.275. The Hall–Kier alpha value is 2.31. The predicted octanol–water partition coefficient (Wildman–Crippen LogP) is -4.78. The van der Waals surface area contributed by atoms with Crippen molar-refractivity contribution in [3.63, 3.8) is 0 Å². The normalized spacial score (nSPS) is 5.29. The molecule has 0 aliphatic heterocycles. The van der Waals surface area contributed by atoms with E-state index in [1.165, 1.54) is 0 Å². The molecule has 0 saturated carbocycles. The third-order valence-electron chi connectivity index (χ3n) is 0.407. The van der Waals surface area contributed by atoms with E-state index in [0.717, 1.165) is 12.7 Å². The van der Waals surface area contributed by atoms with Crippen molar-refractivity contribution in [2.24, 2.45) is 0 Å². The summed E-state index contributed by atoms with van der Waals surface area (Å²) in [7, 11) is 0. The van der Waals surface area contributed by atoms with Crippen molar-refractivity contribution < 1.29 is 88.6 Å². The number of aldehydes is 1. The van der Waals surface area contributed by atoms with Crippen LogP contribution in [-0.4, -0.2) is 6.29 Å². The van der Waals surface area contributed by atoms with Crippen LogP contribution in [0, 0.1) is 0 Å². The van der Waals surface area contributed by atoms with E-state index in [-0.39, 0.29) is 83.8 Å². The average Bonchev–Trinajstić information content (AvgIpc) is 1.41. The first-order valence-corrected chi connectivity index (χ1v) is 1.85. The Labute approximate surface area is 112 Å². The number of carbonyl (C=O) groups excluding carboxylic acids is 1. The number of rotatable bonds is 2. The number of hydrogen-bond donors (Lipinski definition) is 0. The molecule has 0 radical (unpaired) electrons. The largest absolute Gasteiger partial charge is 1.00 e. The van der Waals surface area contributed by atoms with Gasteiger partial charge in [-0.2, -0.15) is 0 Å². The molecule has 0 aromatic carbocycles. The molecule has 0 bridgehead atoms. The first-order chi connectivity index (χ1) is 2.41. The Morgan fingerprint density at radius 3 is 2.14 bits per heavy atom. The topological polar surface area (TPSA) is 17.1 Å². The van der Waals surface area contributed by atoms with Gasteiger partial charge in [-0.15, -0.1) is 0 Å². The van der Waals surface area contributed by atoms with E-state index in [0.29, 0.717) is 6.42 Å². The maximum absolute atomic E-state index is 9.40. The monoisotopic (exact) mass is 136 g/mol. The molecular weight excluding hydrogens is 126 g/mol. The number of carbonyl (C=O) groups is 1. The SMILES string of the molecule is CCCC=O.[H-].[H-].[K+].[Na+]. The molecule has 0 saturated heterocycles. The third-order valence-corrected chi connectivity index (χ3v) is 0.407. The van der Waals surface area contributed by atoms with Crippen LogP contribution in [0.3, 0.4) is 0 Å². The molecule has 0 atom stereocenters. The van der Waals surface area contributed by atoms with Crippen molar-refractivity contribution in [1.82, 2.24) is 0 Å². The van der Waals surface area contributed by atoms with Crippen molar-refractivity contribution in [1.29, 1.82) is 0 Å². The molecule has 0 heterocycles. The Morgan fingerprint density at radius 1 is 1.71 bits per heavy atom. The molecule has 34 valence electrons. The van der Waals surface area contributed by atoms with Crippen LogP contribution < -0.4 is 80.9 Å². The summed E-state index contributed by atoms with van der Waals surface area (Å²) in [6.07, 6.45) is 2.61. The summed E-state index contributed by atoms with van der Waals surface area (Å²) in [5, 5.41) is 0. The van der Waals surface area contributed by atoms with E-state index in [1.54, 1.807) is 0 Å². The smallest absolute Gasteiger partial charge is 1.00 e. The van der Waals surface area contributed by atoms with Gasteiger partial charge in [0.1, 0.15) is 6.29 Å². The van der Waals surface area contributed by atoms with Crippen molar-refractivity contribution in [3.8, 4) is 0 Å². The van der Waals surface area contributed by atoms with E-state index in [1.807, 2.05) is 6.92 Å². The molecule has 0 rings (SSSR count). The van der Waals surface area contributed by atoms with Gasteiger partial charge in [0.15, 0.2) is 0 Å². The minimum absolute atomic E-state index is 0. The van der Waals surface area contributed by atoms with E-state index >= 15 is 0 Å². The zero-order chi connectivity index (χ0) is 4.12. The molecule has 0 spiro atoms. The molecule has 0 aliphatic carbocycles. The Morgan fingerprint density at radius 2 is 2.14 bits per heavy atom. The average molecular weight is 136 g/mol. The summed E-state index contributed by atoms with van der Waals surface area (Å²) < 4.78 is 0. The molecular formula is C4H10KNaO. The molecule has 0 aromatic rings. The second-order valence-corrected chi connectivity index (χ2v) is 0.955. The molecule has 0 aliphatic rings. The zero-order valence-corrected chi connectivity index (χ0v) is 10.5. The first-order valence-electron chi connectivity index (χ1n) is 1.85. The maximum Gasteiger partial charge on any atom is 1.00 e. The van der Waals surface area contributed by atoms with Crippen LogP contribution >= 0.6 is 0 Å². The molecule has 1 nitrogen and oxygen atoms in total. The van der Waals surface area contributed by atoms with Crippen LogP contribution in [0.1, 0.15) is 22.6 Å². The van der Waals surface area contributed by atoms with Crippen LogP contribution in [0.4, 0.5) is 0 Å². The van der Waals surface area contributed by atoms with E-state index in [2.05, 4.69) is 0 Å². The second kappa shape index (κ2) is 15.7. The third kappa shape index (κ3) is 17.8. The van der Waals surface area contributed by atoms with Gasteiger partial charge in [-0.05, 0) is 6.42 Å². The molecule has 3 heteroatoms. The van der Waals surface area contributed by atoms with E-state index < -0.39 is 0 Å². The molecule has 0 unspecified atom stereocenters. The van der Waals surface area contributed by atoms with Crippen molar-refractivity contribution in [3.05, 3.63) is 0 Å². The minimum Gasteiger partial charge on any atom is -1.00 e. The van der Waals surface area contributed by atoms with Gasteiger partial charge in [0, 0.05) is 6.42 Å². The maximum atomic E-state index is 9.40. The van der Waals surface area contributed by atoms with Crippen LogP contribution in [0.5, 0.6) is 0 Å². The van der Waals surface area contributed by atoms with Crippen molar-refractivity contribution >= 4 is 6.29 Å². The fraction of sp³-hybridized carbons (Fsp3) is 0.750. The Kier molecular flexibility index (Phi) is 36.3. The zero-order valence-electron chi connectivity index (χ0n) is 7.40. The van der Waals surface area contributed by atoms with Gasteiger partial charge in [-0.3, -0.25) is 0 Å².